The molecule has 0 saturated heterocycles. The minimum absolute atomic E-state index is 0.0147. The van der Waals surface area contributed by atoms with Crippen molar-refractivity contribution in [3.63, 3.8) is 0 Å². The summed E-state index contributed by atoms with van der Waals surface area (Å²) in [5.74, 6) is -1.04. The summed E-state index contributed by atoms with van der Waals surface area (Å²) in [4.78, 5) is 9.52. The summed E-state index contributed by atoms with van der Waals surface area (Å²) in [5.41, 5.74) is 3.57. The first-order chi connectivity index (χ1) is 15.7. The highest BCUT2D eigenvalue weighted by Gasteiger charge is 2.35. The average Bonchev–Trinajstić information content (AvgIpc) is 2.75. The van der Waals surface area contributed by atoms with E-state index in [1.807, 2.05) is 6.07 Å². The highest BCUT2D eigenvalue weighted by molar-refractivity contribution is 7.85. The standard InChI is InChI=1S/C23H27FN4O4S/c1-15(25)23-21(26)11-17(12-22(23)28-31-9-4-10-32-33(2,29)30)19-7-6-18(24)13-20(19)16-5-3-8-27-14-16/h3,5-8,13-14,17,23,25-26H,4,9-12H2,1-2H3. The van der Waals surface area contributed by atoms with Crippen LogP contribution in [0.4, 0.5) is 4.39 Å². The molecular formula is C23H27FN4O4S. The Balaban J connectivity index is 1.82. The number of hydrogen-bond donors (Lipinski definition) is 2. The van der Waals surface area contributed by atoms with Crippen LogP contribution in [0.25, 0.3) is 11.1 Å². The second-order valence-electron chi connectivity index (χ2n) is 8.02. The van der Waals surface area contributed by atoms with Gasteiger partial charge in [-0.05, 0) is 55.0 Å². The number of nitrogens with one attached hydrogen (secondary N) is 2. The molecule has 1 aromatic heterocycles. The van der Waals surface area contributed by atoms with Crippen LogP contribution in [0, 0.1) is 22.6 Å². The first-order valence-corrected chi connectivity index (χ1v) is 12.3. The predicted molar refractivity (Wildman–Crippen MR) is 125 cm³/mol. The third kappa shape index (κ3) is 6.75. The lowest BCUT2D eigenvalue weighted by atomic mass is 9.73. The third-order valence-electron chi connectivity index (χ3n) is 5.32. The predicted octanol–water partition coefficient (Wildman–Crippen LogP) is 4.18. The lowest BCUT2D eigenvalue weighted by Crippen LogP contribution is -2.37. The van der Waals surface area contributed by atoms with Gasteiger partial charge in [-0.3, -0.25) is 9.17 Å². The van der Waals surface area contributed by atoms with Gasteiger partial charge in [-0.1, -0.05) is 17.3 Å². The van der Waals surface area contributed by atoms with Gasteiger partial charge in [-0.25, -0.2) is 4.39 Å². The van der Waals surface area contributed by atoms with Crippen molar-refractivity contribution in [2.45, 2.75) is 32.1 Å². The topological polar surface area (TPSA) is 126 Å². The fourth-order valence-corrected chi connectivity index (χ4v) is 4.39. The number of halogens is 1. The van der Waals surface area contributed by atoms with E-state index >= 15 is 0 Å². The maximum absolute atomic E-state index is 14.1. The third-order valence-corrected chi connectivity index (χ3v) is 5.92. The van der Waals surface area contributed by atoms with Gasteiger partial charge < -0.3 is 15.7 Å². The molecule has 1 fully saturated rings. The molecule has 8 nitrogen and oxygen atoms in total. The van der Waals surface area contributed by atoms with Crippen LogP contribution in [0.5, 0.6) is 0 Å². The summed E-state index contributed by atoms with van der Waals surface area (Å²) >= 11 is 0. The number of nitrogens with zero attached hydrogens (tertiary/aromatic N) is 2. The first-order valence-electron chi connectivity index (χ1n) is 10.5. The van der Waals surface area contributed by atoms with Crippen molar-refractivity contribution in [1.29, 1.82) is 10.8 Å². The minimum atomic E-state index is -3.51. The van der Waals surface area contributed by atoms with E-state index < -0.39 is 16.0 Å². The normalized spacial score (nSPS) is 20.1. The molecule has 2 aromatic rings. The van der Waals surface area contributed by atoms with Gasteiger partial charge >= 0.3 is 0 Å². The van der Waals surface area contributed by atoms with E-state index in [2.05, 4.69) is 14.3 Å². The number of rotatable bonds is 9. The zero-order chi connectivity index (χ0) is 24.0. The zero-order valence-electron chi connectivity index (χ0n) is 18.5. The molecular weight excluding hydrogens is 447 g/mol. The van der Waals surface area contributed by atoms with Crippen molar-refractivity contribution >= 4 is 27.3 Å². The monoisotopic (exact) mass is 474 g/mol. The number of pyridine rings is 1. The molecule has 1 aliphatic rings. The van der Waals surface area contributed by atoms with Crippen molar-refractivity contribution < 1.29 is 21.8 Å². The highest BCUT2D eigenvalue weighted by atomic mass is 32.2. The van der Waals surface area contributed by atoms with Gasteiger partial charge in [0.05, 0.1) is 24.5 Å². The molecule has 176 valence electrons. The lowest BCUT2D eigenvalue weighted by molar-refractivity contribution is 0.127. The van der Waals surface area contributed by atoms with Crippen LogP contribution in [0.1, 0.15) is 37.7 Å². The van der Waals surface area contributed by atoms with E-state index in [1.54, 1.807) is 31.5 Å². The molecule has 0 spiro atoms. The van der Waals surface area contributed by atoms with Crippen LogP contribution in [0.15, 0.2) is 47.9 Å². The van der Waals surface area contributed by atoms with Crippen molar-refractivity contribution in [1.82, 2.24) is 4.98 Å². The van der Waals surface area contributed by atoms with Gasteiger partial charge in [0.15, 0.2) is 0 Å². The Morgan fingerprint density at radius 1 is 1.27 bits per heavy atom. The second kappa shape index (κ2) is 10.8. The Morgan fingerprint density at radius 3 is 2.73 bits per heavy atom. The molecule has 2 unspecified atom stereocenters. The molecule has 1 aromatic carbocycles. The smallest absolute Gasteiger partial charge is 0.264 e. The average molecular weight is 475 g/mol. The number of benzene rings is 1. The maximum atomic E-state index is 14.1. The van der Waals surface area contributed by atoms with Gasteiger partial charge in [0.2, 0.25) is 0 Å². The fourth-order valence-electron chi connectivity index (χ4n) is 3.97. The van der Waals surface area contributed by atoms with E-state index in [0.29, 0.717) is 42.0 Å². The SMILES string of the molecule is CC(=N)C1C(=N)CC(c2ccc(F)cc2-c2cccnc2)CC1=NOCCCOS(C)(=O)=O. The molecule has 0 bridgehead atoms. The summed E-state index contributed by atoms with van der Waals surface area (Å²) in [5, 5.41) is 20.9. The maximum Gasteiger partial charge on any atom is 0.264 e. The molecule has 0 aliphatic heterocycles. The van der Waals surface area contributed by atoms with E-state index in [-0.39, 0.29) is 24.9 Å². The van der Waals surface area contributed by atoms with Crippen molar-refractivity contribution in [2.24, 2.45) is 11.1 Å². The Kier molecular flexibility index (Phi) is 8.04. The van der Waals surface area contributed by atoms with Crippen LogP contribution in [-0.4, -0.2) is 50.0 Å². The number of oxime groups is 1. The Labute approximate surface area is 193 Å². The largest absolute Gasteiger partial charge is 0.396 e. The van der Waals surface area contributed by atoms with E-state index in [9.17, 15) is 12.8 Å². The van der Waals surface area contributed by atoms with Gasteiger partial charge in [-0.15, -0.1) is 0 Å². The molecule has 10 heteroatoms. The van der Waals surface area contributed by atoms with Crippen molar-refractivity contribution in [3.05, 3.63) is 54.1 Å². The number of hydrogen-bond acceptors (Lipinski definition) is 8. The van der Waals surface area contributed by atoms with Crippen LogP contribution in [-0.2, 0) is 19.1 Å². The Hall–Kier alpha value is -2.98. The molecule has 33 heavy (non-hydrogen) atoms. The minimum Gasteiger partial charge on any atom is -0.396 e. The lowest BCUT2D eigenvalue weighted by Gasteiger charge is -2.31. The van der Waals surface area contributed by atoms with Gasteiger partial charge in [0.1, 0.15) is 12.4 Å². The van der Waals surface area contributed by atoms with E-state index in [4.69, 9.17) is 15.7 Å². The van der Waals surface area contributed by atoms with Crippen LogP contribution >= 0.6 is 0 Å². The summed E-state index contributed by atoms with van der Waals surface area (Å²) in [7, 11) is -3.51. The van der Waals surface area contributed by atoms with E-state index in [1.165, 1.54) is 12.1 Å². The molecule has 2 N–H and O–H groups in total. The van der Waals surface area contributed by atoms with E-state index in [0.717, 1.165) is 17.4 Å². The molecule has 1 saturated carbocycles. The molecule has 1 aliphatic carbocycles. The Bertz CT molecular complexity index is 1150. The van der Waals surface area contributed by atoms with Crippen molar-refractivity contribution in [2.75, 3.05) is 19.5 Å². The summed E-state index contributed by atoms with van der Waals surface area (Å²) in [6.07, 6.45) is 5.49. The molecule has 2 atom stereocenters. The highest BCUT2D eigenvalue weighted by Crippen LogP contribution is 2.38. The van der Waals surface area contributed by atoms with Gasteiger partial charge in [0.25, 0.3) is 10.1 Å². The first kappa shape index (κ1) is 24.7. The Morgan fingerprint density at radius 2 is 2.06 bits per heavy atom. The van der Waals surface area contributed by atoms with Crippen molar-refractivity contribution in [3.8, 4) is 11.1 Å². The van der Waals surface area contributed by atoms with Crippen LogP contribution in [0.2, 0.25) is 0 Å². The summed E-state index contributed by atoms with van der Waals surface area (Å²) in [6.45, 7) is 1.76. The fraction of sp³-hybridized carbons (Fsp3) is 0.391. The zero-order valence-corrected chi connectivity index (χ0v) is 19.4. The van der Waals surface area contributed by atoms with Crippen LogP contribution < -0.4 is 0 Å². The summed E-state index contributed by atoms with van der Waals surface area (Å²) in [6, 6.07) is 8.26. The quantitative estimate of drug-likeness (QED) is 0.244. The molecule has 3 rings (SSSR count). The molecule has 0 amide bonds. The van der Waals surface area contributed by atoms with Gasteiger partial charge in [-0.2, -0.15) is 8.42 Å². The second-order valence-corrected chi connectivity index (χ2v) is 9.66. The van der Waals surface area contributed by atoms with Crippen LogP contribution in [0.3, 0.4) is 0 Å². The molecule has 0 radical (unpaired) electrons. The summed E-state index contributed by atoms with van der Waals surface area (Å²) < 4.78 is 40.8. The molecule has 1 heterocycles. The number of aromatic nitrogens is 1. The van der Waals surface area contributed by atoms with Gasteiger partial charge in [0, 0.05) is 35.8 Å².